The first-order chi connectivity index (χ1) is 9.67. The van der Waals surface area contributed by atoms with E-state index in [9.17, 15) is 4.79 Å². The lowest BCUT2D eigenvalue weighted by Crippen LogP contribution is -2.48. The fraction of sp³-hybridized carbons (Fsp3) is 0.333. The van der Waals surface area contributed by atoms with Gasteiger partial charge in [0.2, 0.25) is 0 Å². The van der Waals surface area contributed by atoms with Crippen molar-refractivity contribution in [3.63, 3.8) is 0 Å². The summed E-state index contributed by atoms with van der Waals surface area (Å²) < 4.78 is 5.26. The Kier molecular flexibility index (Phi) is 3.18. The minimum absolute atomic E-state index is 0.218. The molecule has 0 unspecified atom stereocenters. The van der Waals surface area contributed by atoms with Crippen LogP contribution in [0, 0.1) is 5.92 Å². The minimum atomic E-state index is -0.734. The van der Waals surface area contributed by atoms with Crippen molar-refractivity contribution >= 4 is 22.6 Å². The average Bonchev–Trinajstić information content (AvgIpc) is 2.41. The highest BCUT2D eigenvalue weighted by atomic mass is 16.5. The largest absolute Gasteiger partial charge is 0.497 e. The summed E-state index contributed by atoms with van der Waals surface area (Å²) in [6.07, 6.45) is 2.01. The summed E-state index contributed by atoms with van der Waals surface area (Å²) in [5, 5.41) is 10.9. The topological polar surface area (TPSA) is 62.7 Å². The van der Waals surface area contributed by atoms with Crippen LogP contribution in [0.2, 0.25) is 0 Å². The Labute approximate surface area is 116 Å². The molecule has 0 spiro atoms. The molecule has 1 aromatic heterocycles. The summed E-state index contributed by atoms with van der Waals surface area (Å²) >= 11 is 0. The third-order valence-corrected chi connectivity index (χ3v) is 3.67. The van der Waals surface area contributed by atoms with Gasteiger partial charge in [-0.1, -0.05) is 6.07 Å². The number of hydrogen-bond donors (Lipinski definition) is 1. The van der Waals surface area contributed by atoms with Gasteiger partial charge >= 0.3 is 5.97 Å². The summed E-state index contributed by atoms with van der Waals surface area (Å²) in [6.45, 7) is 1.49. The van der Waals surface area contributed by atoms with Crippen LogP contribution in [0.15, 0.2) is 30.5 Å². The van der Waals surface area contributed by atoms with Crippen LogP contribution in [0.5, 0.6) is 5.75 Å². The zero-order valence-electron chi connectivity index (χ0n) is 11.2. The van der Waals surface area contributed by atoms with E-state index in [1.54, 1.807) is 13.3 Å². The molecule has 1 saturated heterocycles. The van der Waals surface area contributed by atoms with Crippen LogP contribution in [0.4, 0.5) is 5.82 Å². The number of methoxy groups -OCH3 is 1. The fourth-order valence-corrected chi connectivity index (χ4v) is 2.63. The molecule has 104 valence electrons. The molecular formula is C15H16N2O3. The Balaban J connectivity index is 1.87. The lowest BCUT2D eigenvalue weighted by Gasteiger charge is -2.40. The number of carbonyl (C=O) groups is 1. The number of carboxylic acid groups (broad SMARTS) is 1. The maximum atomic E-state index is 10.7. The molecule has 1 aliphatic heterocycles. The number of pyridine rings is 1. The molecule has 0 radical (unpaired) electrons. The molecule has 3 rings (SSSR count). The van der Waals surface area contributed by atoms with Gasteiger partial charge in [-0.15, -0.1) is 0 Å². The third-order valence-electron chi connectivity index (χ3n) is 3.67. The fourth-order valence-electron chi connectivity index (χ4n) is 2.63. The van der Waals surface area contributed by atoms with Crippen molar-refractivity contribution in [3.8, 4) is 5.75 Å². The second-order valence-corrected chi connectivity index (χ2v) is 5.09. The summed E-state index contributed by atoms with van der Waals surface area (Å²) in [5.41, 5.74) is 0. The minimum Gasteiger partial charge on any atom is -0.497 e. The second kappa shape index (κ2) is 5.00. The van der Waals surface area contributed by atoms with Crippen LogP contribution in [-0.2, 0) is 4.79 Å². The van der Waals surface area contributed by atoms with E-state index >= 15 is 0 Å². The van der Waals surface area contributed by atoms with Gasteiger partial charge in [0.05, 0.1) is 13.5 Å². The highest BCUT2D eigenvalue weighted by molar-refractivity contribution is 5.93. The van der Waals surface area contributed by atoms with Gasteiger partial charge in [-0.05, 0) is 23.6 Å². The smallest absolute Gasteiger partial charge is 0.303 e. The molecule has 1 aliphatic rings. The molecule has 5 heteroatoms. The molecule has 1 N–H and O–H groups in total. The molecule has 0 bridgehead atoms. The van der Waals surface area contributed by atoms with Gasteiger partial charge < -0.3 is 14.7 Å². The number of ether oxygens (including phenoxy) is 1. The van der Waals surface area contributed by atoms with E-state index in [0.29, 0.717) is 0 Å². The molecule has 2 heterocycles. The predicted molar refractivity (Wildman–Crippen MR) is 76.3 cm³/mol. The Morgan fingerprint density at radius 2 is 2.25 bits per heavy atom. The number of fused-ring (bicyclic) bond motifs is 1. The summed E-state index contributed by atoms with van der Waals surface area (Å²) in [5.74, 6) is 1.19. The van der Waals surface area contributed by atoms with Gasteiger partial charge in [0.25, 0.3) is 0 Å². The molecule has 1 fully saturated rings. The number of benzene rings is 1. The Morgan fingerprint density at radius 3 is 2.95 bits per heavy atom. The van der Waals surface area contributed by atoms with Crippen LogP contribution in [-0.4, -0.2) is 36.3 Å². The average molecular weight is 272 g/mol. The number of carboxylic acids is 1. The number of nitrogens with zero attached hydrogens (tertiary/aromatic N) is 2. The van der Waals surface area contributed by atoms with E-state index in [4.69, 9.17) is 9.84 Å². The standard InChI is InChI=1S/C15H16N2O3/c1-20-12-3-2-11-4-5-16-15(13(11)7-12)17-8-10(9-17)6-14(18)19/h2-5,7,10H,6,8-9H2,1H3,(H,18,19). The normalized spacial score (nSPS) is 15.2. The lowest BCUT2D eigenvalue weighted by atomic mass is 9.96. The highest BCUT2D eigenvalue weighted by Crippen LogP contribution is 2.32. The maximum absolute atomic E-state index is 10.7. The molecule has 0 aliphatic carbocycles. The van der Waals surface area contributed by atoms with Crippen LogP contribution >= 0.6 is 0 Å². The van der Waals surface area contributed by atoms with E-state index in [1.165, 1.54) is 0 Å². The first-order valence-electron chi connectivity index (χ1n) is 6.57. The van der Waals surface area contributed by atoms with Gasteiger partial charge in [-0.25, -0.2) is 4.98 Å². The highest BCUT2D eigenvalue weighted by Gasteiger charge is 2.30. The van der Waals surface area contributed by atoms with Crippen molar-refractivity contribution in [2.45, 2.75) is 6.42 Å². The second-order valence-electron chi connectivity index (χ2n) is 5.09. The van der Waals surface area contributed by atoms with Gasteiger partial charge in [-0.2, -0.15) is 0 Å². The first kappa shape index (κ1) is 12.7. The van der Waals surface area contributed by atoms with Crippen molar-refractivity contribution in [2.24, 2.45) is 5.92 Å². The molecule has 0 saturated carbocycles. The van der Waals surface area contributed by atoms with Gasteiger partial charge in [0, 0.05) is 30.6 Å². The maximum Gasteiger partial charge on any atom is 0.303 e. The molecule has 1 aromatic carbocycles. The van der Waals surface area contributed by atoms with Crippen LogP contribution in [0.3, 0.4) is 0 Å². The van der Waals surface area contributed by atoms with Gasteiger partial charge in [0.15, 0.2) is 0 Å². The molecule has 0 amide bonds. The van der Waals surface area contributed by atoms with E-state index < -0.39 is 5.97 Å². The number of aromatic nitrogens is 1. The Morgan fingerprint density at radius 1 is 1.45 bits per heavy atom. The van der Waals surface area contributed by atoms with Crippen molar-refractivity contribution in [2.75, 3.05) is 25.1 Å². The Hall–Kier alpha value is -2.30. The lowest BCUT2D eigenvalue weighted by molar-refractivity contribution is -0.138. The third kappa shape index (κ3) is 2.27. The summed E-state index contributed by atoms with van der Waals surface area (Å²) in [4.78, 5) is 17.3. The summed E-state index contributed by atoms with van der Waals surface area (Å²) in [7, 11) is 1.64. The molecule has 20 heavy (non-hydrogen) atoms. The zero-order valence-corrected chi connectivity index (χ0v) is 11.2. The van der Waals surface area contributed by atoms with E-state index in [1.807, 2.05) is 24.3 Å². The number of anilines is 1. The van der Waals surface area contributed by atoms with Crippen LogP contribution in [0.25, 0.3) is 10.8 Å². The summed E-state index contributed by atoms with van der Waals surface area (Å²) in [6, 6.07) is 7.87. The first-order valence-corrected chi connectivity index (χ1v) is 6.57. The molecule has 0 atom stereocenters. The van der Waals surface area contributed by atoms with Crippen molar-refractivity contribution < 1.29 is 14.6 Å². The molecule has 5 nitrogen and oxygen atoms in total. The van der Waals surface area contributed by atoms with Gasteiger partial charge in [-0.3, -0.25) is 4.79 Å². The quantitative estimate of drug-likeness (QED) is 0.924. The number of rotatable bonds is 4. The number of hydrogen-bond acceptors (Lipinski definition) is 4. The zero-order chi connectivity index (χ0) is 14.1. The van der Waals surface area contributed by atoms with Crippen LogP contribution < -0.4 is 9.64 Å². The van der Waals surface area contributed by atoms with Crippen molar-refractivity contribution in [1.29, 1.82) is 0 Å². The van der Waals surface area contributed by atoms with Crippen molar-refractivity contribution in [1.82, 2.24) is 4.98 Å². The van der Waals surface area contributed by atoms with Crippen molar-refractivity contribution in [3.05, 3.63) is 30.5 Å². The SMILES string of the molecule is COc1ccc2ccnc(N3CC(CC(=O)O)C3)c2c1. The van der Waals surface area contributed by atoms with E-state index in [2.05, 4.69) is 9.88 Å². The number of aliphatic carboxylic acids is 1. The molecular weight excluding hydrogens is 256 g/mol. The predicted octanol–water partition coefficient (Wildman–Crippen LogP) is 2.15. The van der Waals surface area contributed by atoms with Gasteiger partial charge in [0.1, 0.15) is 11.6 Å². The van der Waals surface area contributed by atoms with E-state index in [-0.39, 0.29) is 12.3 Å². The Bertz CT molecular complexity index is 651. The molecule has 2 aromatic rings. The monoisotopic (exact) mass is 272 g/mol. The van der Waals surface area contributed by atoms with Crippen LogP contribution in [0.1, 0.15) is 6.42 Å². The van der Waals surface area contributed by atoms with E-state index in [0.717, 1.165) is 35.4 Å².